The van der Waals surface area contributed by atoms with E-state index in [1.54, 1.807) is 0 Å². The molecule has 0 heterocycles. The quantitative estimate of drug-likeness (QED) is 0.302. The summed E-state index contributed by atoms with van der Waals surface area (Å²) in [5.74, 6) is 0. The first-order valence-corrected chi connectivity index (χ1v) is 11.6. The molecule has 2 aliphatic rings. The lowest BCUT2D eigenvalue weighted by Crippen LogP contribution is -1.96. The molecule has 0 amide bonds. The molecule has 0 radical (unpaired) electrons. The van der Waals surface area contributed by atoms with E-state index in [0.717, 1.165) is 24.2 Å². The topological polar surface area (TPSA) is 12.0 Å². The van der Waals surface area contributed by atoms with Crippen LogP contribution < -0.4 is 5.32 Å². The van der Waals surface area contributed by atoms with E-state index in [1.807, 2.05) is 0 Å². The fourth-order valence-corrected chi connectivity index (χ4v) is 5.44. The van der Waals surface area contributed by atoms with E-state index in [4.69, 9.17) is 0 Å². The number of nitrogens with one attached hydrogen (secondary N) is 1. The Balaban J connectivity index is 1.19. The summed E-state index contributed by atoms with van der Waals surface area (Å²) in [6.45, 7) is 0. The number of benzene rings is 5. The molecule has 0 fully saturated rings. The van der Waals surface area contributed by atoms with Gasteiger partial charge in [-0.25, -0.2) is 0 Å². The second-order valence-corrected chi connectivity index (χ2v) is 9.10. The van der Waals surface area contributed by atoms with Crippen molar-refractivity contribution in [3.8, 4) is 22.3 Å². The Labute approximate surface area is 194 Å². The number of fused-ring (bicyclic) bond motifs is 3. The maximum absolute atomic E-state index is 3.61. The smallest absolute Gasteiger partial charge is 0.0396 e. The summed E-state index contributed by atoms with van der Waals surface area (Å²) >= 11 is 0. The van der Waals surface area contributed by atoms with Crippen molar-refractivity contribution in [3.05, 3.63) is 125 Å². The Kier molecular flexibility index (Phi) is 4.04. The third-order valence-corrected chi connectivity index (χ3v) is 7.03. The van der Waals surface area contributed by atoms with E-state index in [0.29, 0.717) is 0 Å². The average molecular weight is 422 g/mol. The molecule has 2 aliphatic carbocycles. The molecular formula is C32H23N. The van der Waals surface area contributed by atoms with E-state index in [-0.39, 0.29) is 0 Å². The van der Waals surface area contributed by atoms with E-state index < -0.39 is 0 Å². The standard InChI is InChI=1S/C32H23N/c1-2-10-30-24(5-1)17-25-12-11-23(20-31(25)30)21-13-15-28(16-14-21)33-29-18-26-8-3-6-22-7-4-9-27(19-29)32(22)26/h1-6,8-16,18-20,33H,7,17H2. The van der Waals surface area contributed by atoms with Crippen molar-refractivity contribution in [2.24, 2.45) is 0 Å². The molecule has 33 heavy (non-hydrogen) atoms. The third kappa shape index (κ3) is 3.08. The number of allylic oxidation sites excluding steroid dienone is 1. The van der Waals surface area contributed by atoms with Crippen LogP contribution in [0.5, 0.6) is 0 Å². The van der Waals surface area contributed by atoms with Crippen LogP contribution in [0.4, 0.5) is 11.4 Å². The van der Waals surface area contributed by atoms with Crippen LogP contribution in [-0.2, 0) is 12.8 Å². The minimum atomic E-state index is 1.02. The minimum absolute atomic E-state index is 1.02. The van der Waals surface area contributed by atoms with Gasteiger partial charge in [0.15, 0.2) is 0 Å². The van der Waals surface area contributed by atoms with Gasteiger partial charge in [-0.15, -0.1) is 0 Å². The lowest BCUT2D eigenvalue weighted by atomic mass is 9.92. The zero-order valence-corrected chi connectivity index (χ0v) is 18.3. The van der Waals surface area contributed by atoms with Gasteiger partial charge in [-0.2, -0.15) is 0 Å². The summed E-state index contributed by atoms with van der Waals surface area (Å²) in [5, 5.41) is 6.30. The highest BCUT2D eigenvalue weighted by atomic mass is 14.9. The van der Waals surface area contributed by atoms with Crippen LogP contribution in [0.15, 0.2) is 103 Å². The predicted octanol–water partition coefficient (Wildman–Crippen LogP) is 8.39. The molecule has 0 aliphatic heterocycles. The molecule has 0 saturated heterocycles. The van der Waals surface area contributed by atoms with Crippen molar-refractivity contribution in [3.63, 3.8) is 0 Å². The first-order valence-electron chi connectivity index (χ1n) is 11.6. The van der Waals surface area contributed by atoms with Crippen LogP contribution in [0.3, 0.4) is 0 Å². The number of hydrogen-bond acceptors (Lipinski definition) is 1. The van der Waals surface area contributed by atoms with Crippen molar-refractivity contribution in [1.29, 1.82) is 0 Å². The molecule has 5 aromatic rings. The molecule has 5 aromatic carbocycles. The van der Waals surface area contributed by atoms with E-state index in [1.165, 1.54) is 55.3 Å². The molecule has 0 bridgehead atoms. The molecule has 1 heteroatoms. The maximum Gasteiger partial charge on any atom is 0.0396 e. The predicted molar refractivity (Wildman–Crippen MR) is 140 cm³/mol. The van der Waals surface area contributed by atoms with Crippen LogP contribution >= 0.6 is 0 Å². The van der Waals surface area contributed by atoms with Gasteiger partial charge in [0.1, 0.15) is 0 Å². The van der Waals surface area contributed by atoms with Gasteiger partial charge in [0.25, 0.3) is 0 Å². The average Bonchev–Trinajstić information content (AvgIpc) is 3.23. The summed E-state index contributed by atoms with van der Waals surface area (Å²) in [6.07, 6.45) is 6.56. The van der Waals surface area contributed by atoms with Crippen LogP contribution in [-0.4, -0.2) is 0 Å². The SMILES string of the molecule is C1=Cc2cc(Nc3ccc(-c4ccc5c(c4)-c4ccccc4C5)cc3)cc3cccc(c23)C1. The second-order valence-electron chi connectivity index (χ2n) is 9.10. The van der Waals surface area contributed by atoms with Crippen molar-refractivity contribution in [2.75, 3.05) is 5.32 Å². The molecule has 1 N–H and O–H groups in total. The van der Waals surface area contributed by atoms with Crippen LogP contribution in [0.1, 0.15) is 22.3 Å². The summed E-state index contributed by atoms with van der Waals surface area (Å²) in [5.41, 5.74) is 13.1. The zero-order chi connectivity index (χ0) is 21.8. The molecule has 0 unspecified atom stereocenters. The molecule has 1 nitrogen and oxygen atoms in total. The molecule has 156 valence electrons. The number of hydrogen-bond donors (Lipinski definition) is 1. The summed E-state index contributed by atoms with van der Waals surface area (Å²) in [6, 6.07) is 35.6. The van der Waals surface area contributed by atoms with Crippen LogP contribution in [0, 0.1) is 0 Å². The van der Waals surface area contributed by atoms with Crippen molar-refractivity contribution < 1.29 is 0 Å². The second kappa shape index (κ2) is 7.21. The Morgan fingerprint density at radius 2 is 1.39 bits per heavy atom. The molecule has 0 aromatic heterocycles. The Hall–Kier alpha value is -4.10. The molecule has 0 spiro atoms. The molecule has 0 atom stereocenters. The minimum Gasteiger partial charge on any atom is -0.355 e. The zero-order valence-electron chi connectivity index (χ0n) is 18.3. The van der Waals surface area contributed by atoms with Crippen LogP contribution in [0.2, 0.25) is 0 Å². The highest BCUT2D eigenvalue weighted by Gasteiger charge is 2.18. The Bertz CT molecular complexity index is 1570. The maximum atomic E-state index is 3.61. The lowest BCUT2D eigenvalue weighted by molar-refractivity contribution is 1.26. The van der Waals surface area contributed by atoms with Gasteiger partial charge in [0.05, 0.1) is 0 Å². The van der Waals surface area contributed by atoms with Crippen molar-refractivity contribution in [2.45, 2.75) is 12.8 Å². The third-order valence-electron chi connectivity index (χ3n) is 7.03. The van der Waals surface area contributed by atoms with Gasteiger partial charge in [-0.3, -0.25) is 0 Å². The molecular weight excluding hydrogens is 398 g/mol. The Morgan fingerprint density at radius 1 is 0.576 bits per heavy atom. The first kappa shape index (κ1) is 18.5. The van der Waals surface area contributed by atoms with Gasteiger partial charge >= 0.3 is 0 Å². The van der Waals surface area contributed by atoms with Crippen molar-refractivity contribution in [1.82, 2.24) is 0 Å². The number of rotatable bonds is 3. The van der Waals surface area contributed by atoms with Gasteiger partial charge in [0, 0.05) is 11.4 Å². The van der Waals surface area contributed by atoms with E-state index in [9.17, 15) is 0 Å². The van der Waals surface area contributed by atoms with Gasteiger partial charge < -0.3 is 5.32 Å². The highest BCUT2D eigenvalue weighted by molar-refractivity contribution is 5.97. The number of anilines is 2. The fourth-order valence-electron chi connectivity index (χ4n) is 5.44. The summed E-state index contributed by atoms with van der Waals surface area (Å²) in [4.78, 5) is 0. The molecule has 0 saturated carbocycles. The van der Waals surface area contributed by atoms with E-state index >= 15 is 0 Å². The molecule has 7 rings (SSSR count). The Morgan fingerprint density at radius 3 is 2.33 bits per heavy atom. The van der Waals surface area contributed by atoms with E-state index in [2.05, 4.69) is 115 Å². The van der Waals surface area contributed by atoms with Gasteiger partial charge in [-0.1, -0.05) is 78.9 Å². The normalized spacial score (nSPS) is 13.1. The first-order chi connectivity index (χ1) is 16.3. The summed E-state index contributed by atoms with van der Waals surface area (Å²) < 4.78 is 0. The fraction of sp³-hybridized carbons (Fsp3) is 0.0625. The monoisotopic (exact) mass is 421 g/mol. The highest BCUT2D eigenvalue weighted by Crippen LogP contribution is 2.39. The largest absolute Gasteiger partial charge is 0.355 e. The van der Waals surface area contributed by atoms with Crippen molar-refractivity contribution >= 4 is 28.2 Å². The lowest BCUT2D eigenvalue weighted by Gasteiger charge is -2.16. The van der Waals surface area contributed by atoms with Gasteiger partial charge in [0.2, 0.25) is 0 Å². The van der Waals surface area contributed by atoms with Crippen LogP contribution in [0.25, 0.3) is 39.1 Å². The summed E-state index contributed by atoms with van der Waals surface area (Å²) in [7, 11) is 0. The van der Waals surface area contributed by atoms with Gasteiger partial charge in [-0.05, 0) is 98.5 Å².